The summed E-state index contributed by atoms with van der Waals surface area (Å²) in [6, 6.07) is 56.5. The molecule has 10 aromatic rings. The van der Waals surface area contributed by atoms with Gasteiger partial charge in [0.15, 0.2) is 5.57 Å². The van der Waals surface area contributed by atoms with Crippen LogP contribution in [0.4, 0.5) is 0 Å². The Morgan fingerprint density at radius 1 is 0.477 bits per heavy atom. The molecule has 0 N–H and O–H groups in total. The molecular formula is C59H41K8N3O8S8. The van der Waals surface area contributed by atoms with Crippen molar-refractivity contribution < 1.29 is 449 Å². The molecule has 0 spiro atoms. The summed E-state index contributed by atoms with van der Waals surface area (Å²) in [5.41, 5.74) is 4.74. The SMILES string of the molecule is C=CC(=O)OCCCCOC(=O)C(C(=O)OCCCCOC(=O)C=C)=C1Sc2[c-]cc[c-]c2S1.Cc1nc2[c-]cc[c-]c2s1.S=c1sc2[c-]cc[c-]c2s1.[K+].[K+].[K+].[K+].[K+].[K+].[K+].[K+].[c-]1c2nc(-c3ccccc3)sc2[c-]c2nc(-c3ccccc3)sc12. The molecule has 0 saturated carbocycles. The van der Waals surface area contributed by atoms with E-state index in [1.165, 1.54) is 23.5 Å². The van der Waals surface area contributed by atoms with Crippen LogP contribution in [-0.4, -0.2) is 65.3 Å². The van der Waals surface area contributed by atoms with Gasteiger partial charge in [-0.05, 0) is 32.6 Å². The summed E-state index contributed by atoms with van der Waals surface area (Å²) in [5, 5.41) is 3.08. The normalized spacial score (nSPS) is 10.2. The van der Waals surface area contributed by atoms with Crippen LogP contribution in [0.25, 0.3) is 61.2 Å². The van der Waals surface area contributed by atoms with Crippen LogP contribution in [0.2, 0.25) is 0 Å². The third-order valence-corrected chi connectivity index (χ3v) is 18.1. The number of thiazole rings is 3. The zero-order valence-electron chi connectivity index (χ0n) is 49.3. The van der Waals surface area contributed by atoms with Crippen LogP contribution in [-0.2, 0) is 38.1 Å². The summed E-state index contributed by atoms with van der Waals surface area (Å²) in [6.45, 7) is 9.05. The van der Waals surface area contributed by atoms with Gasteiger partial charge in [0.2, 0.25) is 0 Å². The van der Waals surface area contributed by atoms with Gasteiger partial charge in [-0.2, -0.15) is 56.8 Å². The van der Waals surface area contributed by atoms with E-state index in [0.717, 1.165) is 91.3 Å². The zero-order chi connectivity index (χ0) is 54.6. The number of aromatic nitrogens is 3. The van der Waals surface area contributed by atoms with E-state index in [1.54, 1.807) is 68.8 Å². The molecule has 0 atom stereocenters. The van der Waals surface area contributed by atoms with Crippen molar-refractivity contribution in [1.29, 1.82) is 0 Å². The summed E-state index contributed by atoms with van der Waals surface area (Å²) >= 11 is 15.6. The smallest absolute Gasteiger partial charge is 0.463 e. The maximum Gasteiger partial charge on any atom is 1.00 e. The van der Waals surface area contributed by atoms with Crippen LogP contribution in [0.15, 0.2) is 142 Å². The summed E-state index contributed by atoms with van der Waals surface area (Å²) in [7, 11) is 0. The Labute approximate surface area is 875 Å². The van der Waals surface area contributed by atoms with Gasteiger partial charge in [-0.1, -0.05) is 86.0 Å². The number of aryl methyl sites for hydroxylation is 1. The zero-order valence-corrected chi connectivity index (χ0v) is 80.9. The quantitative estimate of drug-likeness (QED) is 0.0104. The molecule has 0 bridgehead atoms. The van der Waals surface area contributed by atoms with E-state index in [9.17, 15) is 19.2 Å². The third kappa shape index (κ3) is 30.7. The van der Waals surface area contributed by atoms with Crippen molar-refractivity contribution in [3.63, 3.8) is 0 Å². The van der Waals surface area contributed by atoms with E-state index < -0.39 is 23.9 Å². The van der Waals surface area contributed by atoms with E-state index in [-0.39, 0.29) is 443 Å². The van der Waals surface area contributed by atoms with Gasteiger partial charge >= 0.3 is 435 Å². The molecule has 86 heavy (non-hydrogen) atoms. The second-order valence-corrected chi connectivity index (χ2v) is 24.4. The van der Waals surface area contributed by atoms with Gasteiger partial charge in [-0.15, -0.1) is 16.6 Å². The second-order valence-electron chi connectivity index (χ2n) is 15.7. The Kier molecular flexibility index (Phi) is 55.4. The average Bonchev–Trinajstić information content (AvgIpc) is 3.63. The average molecular weight is 1490 g/mol. The fraction of sp³-hybridized carbons (Fsp3) is 0.153. The van der Waals surface area contributed by atoms with Gasteiger partial charge < -0.3 is 58.2 Å². The van der Waals surface area contributed by atoms with Crippen molar-refractivity contribution in [2.75, 3.05) is 26.4 Å². The number of hydrogen-bond acceptors (Lipinski definition) is 19. The van der Waals surface area contributed by atoms with E-state index in [1.807, 2.05) is 67.6 Å². The van der Waals surface area contributed by atoms with Crippen molar-refractivity contribution >= 4 is 156 Å². The summed E-state index contributed by atoms with van der Waals surface area (Å²) in [5.74, 6) is -2.63. The number of rotatable bonds is 16. The van der Waals surface area contributed by atoms with Crippen LogP contribution in [0, 0.1) is 58.6 Å². The molecule has 0 aliphatic carbocycles. The van der Waals surface area contributed by atoms with Gasteiger partial charge in [0.1, 0.15) is 3.14 Å². The van der Waals surface area contributed by atoms with E-state index in [0.29, 0.717) is 29.9 Å². The molecule has 0 radical (unpaired) electrons. The molecule has 0 unspecified atom stereocenters. The van der Waals surface area contributed by atoms with Crippen LogP contribution < -0.4 is 411 Å². The summed E-state index contributed by atoms with van der Waals surface area (Å²) < 4.78 is 27.0. The Balaban J connectivity index is 0.00000120. The first-order chi connectivity index (χ1) is 38.0. The monoisotopic (exact) mass is 1490 g/mol. The fourth-order valence-electron chi connectivity index (χ4n) is 6.59. The number of unbranched alkanes of at least 4 members (excludes halogenated alkanes) is 2. The van der Waals surface area contributed by atoms with Crippen LogP contribution >= 0.6 is 92.4 Å². The molecule has 0 fully saturated rings. The standard InChI is InChI=1S/C24H24O8S2.C20H10N2S2.C8H5NS.C7H2S3.8K/c1-3-19(25)29-13-7-9-15-31-22(27)21(24-33-17-11-5-6-12-18(17)34-24)23(28)32-16-10-8-14-30-20(26)4-2;1-3-7-13(8-4-1)19-21-15-11-18-16(12-17(15)23-19)22-20(24-18)14-9-5-2-6-10-14;1-6-9-7-4-2-3-5-8(7)10-6;8-7-9-5-3-1-2-4-6(5)10-7;;;;;;;;/h3-6H,1-2,7-10,13-16H2;1-10H;2-3H,1H3;1-2H;;;;;;;;/q4*-2;8*+1. The molecule has 0 amide bonds. The first kappa shape index (κ1) is 92.4. The number of esters is 4. The number of ether oxygens (including phenoxy) is 4. The Hall–Kier alpha value is 6.41. The molecular weight excluding hydrogens is 1450 g/mol. The predicted octanol–water partition coefficient (Wildman–Crippen LogP) is -8.83. The number of benzene rings is 6. The molecule has 1 aliphatic heterocycles. The molecule has 6 aromatic carbocycles. The number of carbonyl (C=O) groups excluding carboxylic acids is 4. The minimum Gasteiger partial charge on any atom is -0.463 e. The predicted molar refractivity (Wildman–Crippen MR) is 317 cm³/mol. The third-order valence-electron chi connectivity index (χ3n) is 10.2. The number of nitrogens with zero attached hydrogens (tertiary/aromatic N) is 3. The van der Waals surface area contributed by atoms with Crippen molar-refractivity contribution in [3.8, 4) is 21.1 Å². The van der Waals surface area contributed by atoms with Crippen molar-refractivity contribution in [1.82, 2.24) is 15.0 Å². The van der Waals surface area contributed by atoms with E-state index in [2.05, 4.69) is 90.9 Å². The molecule has 0 saturated heterocycles. The van der Waals surface area contributed by atoms with Gasteiger partial charge in [-0.25, -0.2) is 75.9 Å². The van der Waals surface area contributed by atoms with Gasteiger partial charge in [0.05, 0.1) is 41.5 Å². The van der Waals surface area contributed by atoms with Crippen molar-refractivity contribution in [3.05, 3.63) is 189 Å². The fourth-order valence-corrected chi connectivity index (χ4v) is 13.9. The number of fused-ring (bicyclic) bond motifs is 5. The van der Waals surface area contributed by atoms with E-state index >= 15 is 0 Å². The van der Waals surface area contributed by atoms with Gasteiger partial charge in [-0.3, -0.25) is 60.7 Å². The van der Waals surface area contributed by atoms with Crippen molar-refractivity contribution in [2.24, 2.45) is 0 Å². The van der Waals surface area contributed by atoms with Crippen molar-refractivity contribution in [2.45, 2.75) is 42.4 Å². The number of hydrogen-bond donors (Lipinski definition) is 0. The maximum absolute atomic E-state index is 12.8. The van der Waals surface area contributed by atoms with Gasteiger partial charge in [0, 0.05) is 27.5 Å². The van der Waals surface area contributed by atoms with E-state index in [4.69, 9.17) is 41.1 Å². The number of carbonyl (C=O) groups is 4. The minimum atomic E-state index is -0.796. The molecule has 1 aliphatic rings. The summed E-state index contributed by atoms with van der Waals surface area (Å²) in [4.78, 5) is 62.8. The first-order valence-electron chi connectivity index (χ1n) is 23.6. The topological polar surface area (TPSA) is 144 Å². The molecule has 4 aromatic heterocycles. The van der Waals surface area contributed by atoms with Crippen LogP contribution in [0.1, 0.15) is 30.7 Å². The Morgan fingerprint density at radius 3 is 1.27 bits per heavy atom. The molecule has 11 rings (SSSR count). The van der Waals surface area contributed by atoms with Crippen LogP contribution in [0.3, 0.4) is 0 Å². The molecule has 5 heterocycles. The van der Waals surface area contributed by atoms with Crippen LogP contribution in [0.5, 0.6) is 0 Å². The Morgan fingerprint density at radius 2 is 0.860 bits per heavy atom. The Bertz CT molecular complexity index is 3540. The largest absolute Gasteiger partial charge is 1.00 e. The maximum atomic E-state index is 12.8. The molecule has 11 nitrogen and oxygen atoms in total. The number of thioether (sulfide) groups is 2. The molecule has 396 valence electrons. The molecule has 27 heteroatoms. The summed E-state index contributed by atoms with van der Waals surface area (Å²) in [6.07, 6.45) is 4.00. The minimum absolute atomic E-state index is 0. The van der Waals surface area contributed by atoms with Gasteiger partial charge in [0.25, 0.3) is 0 Å². The first-order valence-corrected chi connectivity index (χ1v) is 29.8. The second kappa shape index (κ2) is 51.5.